The summed E-state index contributed by atoms with van der Waals surface area (Å²) >= 11 is 0. The molecule has 0 amide bonds. The third-order valence-corrected chi connectivity index (χ3v) is 3.00. The van der Waals surface area contributed by atoms with Crippen LogP contribution in [0.1, 0.15) is 13.8 Å². The normalized spacial score (nSPS) is 9.73. The Morgan fingerprint density at radius 3 is 2.05 bits per heavy atom. The number of hydrogen-bond donors (Lipinski definition) is 0. The fraction of sp³-hybridized carbons (Fsp3) is 0.111. The molecule has 22 heavy (non-hydrogen) atoms. The van der Waals surface area contributed by atoms with E-state index in [9.17, 15) is 10.1 Å². The predicted molar refractivity (Wildman–Crippen MR) is 88.5 cm³/mol. The van der Waals surface area contributed by atoms with Crippen molar-refractivity contribution in [3.63, 3.8) is 0 Å². The summed E-state index contributed by atoms with van der Waals surface area (Å²) in [4.78, 5) is 10.2. The quantitative estimate of drug-likeness (QED) is 0.469. The summed E-state index contributed by atoms with van der Waals surface area (Å²) in [6.45, 7) is 4.00. The lowest BCUT2D eigenvalue weighted by Gasteiger charge is -2.06. The summed E-state index contributed by atoms with van der Waals surface area (Å²) in [6.07, 6.45) is 0. The molecular formula is C18H17NO3. The molecule has 0 aliphatic carbocycles. The van der Waals surface area contributed by atoms with Crippen LogP contribution in [0.25, 0.3) is 10.8 Å². The van der Waals surface area contributed by atoms with Gasteiger partial charge in [0.25, 0.3) is 5.69 Å². The second-order valence-electron chi connectivity index (χ2n) is 4.36. The predicted octanol–water partition coefficient (Wildman–Crippen LogP) is 5.57. The lowest BCUT2D eigenvalue weighted by Crippen LogP contribution is -1.88. The van der Waals surface area contributed by atoms with E-state index >= 15 is 0 Å². The number of nitro benzene ring substituents is 1. The van der Waals surface area contributed by atoms with E-state index in [0.717, 1.165) is 10.8 Å². The highest BCUT2D eigenvalue weighted by Crippen LogP contribution is 2.26. The highest BCUT2D eigenvalue weighted by Gasteiger charge is 2.05. The molecule has 0 fully saturated rings. The third-order valence-electron chi connectivity index (χ3n) is 3.00. The van der Waals surface area contributed by atoms with Crippen LogP contribution in [0.5, 0.6) is 11.5 Å². The first-order chi connectivity index (χ1) is 10.7. The number of ether oxygens (including phenoxy) is 1. The summed E-state index contributed by atoms with van der Waals surface area (Å²) in [5.41, 5.74) is 0.0517. The van der Waals surface area contributed by atoms with E-state index in [-0.39, 0.29) is 5.69 Å². The van der Waals surface area contributed by atoms with Crippen LogP contribution in [0.3, 0.4) is 0 Å². The third kappa shape index (κ3) is 3.61. The molecule has 3 aromatic rings. The van der Waals surface area contributed by atoms with Crippen molar-refractivity contribution in [2.45, 2.75) is 13.8 Å². The van der Waals surface area contributed by atoms with Gasteiger partial charge in [0.15, 0.2) is 0 Å². The Bertz CT molecular complexity index is 767. The zero-order valence-electron chi connectivity index (χ0n) is 12.5. The van der Waals surface area contributed by atoms with Crippen molar-refractivity contribution in [2.24, 2.45) is 0 Å². The Kier molecular flexibility index (Phi) is 5.09. The van der Waals surface area contributed by atoms with Gasteiger partial charge in [0, 0.05) is 12.1 Å². The zero-order valence-corrected chi connectivity index (χ0v) is 12.5. The summed E-state index contributed by atoms with van der Waals surface area (Å²) in [6, 6.07) is 19.8. The maximum atomic E-state index is 10.6. The van der Waals surface area contributed by atoms with Gasteiger partial charge in [0.05, 0.1) is 4.92 Å². The smallest absolute Gasteiger partial charge is 0.269 e. The first-order valence-corrected chi connectivity index (χ1v) is 7.13. The molecule has 0 aromatic heterocycles. The van der Waals surface area contributed by atoms with Gasteiger partial charge in [-0.25, -0.2) is 0 Å². The first kappa shape index (κ1) is 15.5. The van der Waals surface area contributed by atoms with Gasteiger partial charge >= 0.3 is 0 Å². The number of benzene rings is 3. The molecule has 0 aliphatic heterocycles. The van der Waals surface area contributed by atoms with Gasteiger partial charge in [-0.15, -0.1) is 0 Å². The van der Waals surface area contributed by atoms with E-state index < -0.39 is 4.92 Å². The molecule has 0 saturated carbocycles. The van der Waals surface area contributed by atoms with Crippen LogP contribution in [0.4, 0.5) is 5.69 Å². The first-order valence-electron chi connectivity index (χ1n) is 7.13. The molecule has 4 nitrogen and oxygen atoms in total. The van der Waals surface area contributed by atoms with Crippen LogP contribution in [-0.4, -0.2) is 4.92 Å². The summed E-state index contributed by atoms with van der Waals surface area (Å²) in [7, 11) is 0. The number of nitrogens with zero attached hydrogens (tertiary/aromatic N) is 1. The van der Waals surface area contributed by atoms with Crippen LogP contribution in [0.15, 0.2) is 66.7 Å². The van der Waals surface area contributed by atoms with Gasteiger partial charge < -0.3 is 4.74 Å². The lowest BCUT2D eigenvalue weighted by molar-refractivity contribution is -0.384. The Hall–Kier alpha value is -2.88. The van der Waals surface area contributed by atoms with E-state index in [1.807, 2.05) is 56.3 Å². The monoisotopic (exact) mass is 295 g/mol. The average molecular weight is 295 g/mol. The van der Waals surface area contributed by atoms with Crippen molar-refractivity contribution in [1.29, 1.82) is 0 Å². The van der Waals surface area contributed by atoms with Crippen LogP contribution < -0.4 is 4.74 Å². The fourth-order valence-electron chi connectivity index (χ4n) is 2.00. The Balaban J connectivity index is 0.000000847. The number of rotatable bonds is 3. The van der Waals surface area contributed by atoms with Crippen LogP contribution in [-0.2, 0) is 0 Å². The van der Waals surface area contributed by atoms with Crippen molar-refractivity contribution < 1.29 is 9.66 Å². The second-order valence-corrected chi connectivity index (χ2v) is 4.36. The topological polar surface area (TPSA) is 52.4 Å². The van der Waals surface area contributed by atoms with Gasteiger partial charge in [0.2, 0.25) is 0 Å². The van der Waals surface area contributed by atoms with E-state index in [4.69, 9.17) is 4.74 Å². The van der Waals surface area contributed by atoms with Crippen LogP contribution in [0.2, 0.25) is 0 Å². The maximum absolute atomic E-state index is 10.6. The van der Waals surface area contributed by atoms with Crippen molar-refractivity contribution in [3.05, 3.63) is 76.8 Å². The van der Waals surface area contributed by atoms with Crippen LogP contribution >= 0.6 is 0 Å². The minimum Gasteiger partial charge on any atom is -0.457 e. The van der Waals surface area contributed by atoms with Gasteiger partial charge in [-0.2, -0.15) is 0 Å². The zero-order chi connectivity index (χ0) is 15.9. The number of non-ortho nitro benzene ring substituents is 1. The molecule has 0 bridgehead atoms. The summed E-state index contributed by atoms with van der Waals surface area (Å²) in [5.74, 6) is 1.28. The summed E-state index contributed by atoms with van der Waals surface area (Å²) < 4.78 is 5.70. The van der Waals surface area contributed by atoms with Gasteiger partial charge in [-0.3, -0.25) is 10.1 Å². The van der Waals surface area contributed by atoms with Gasteiger partial charge in [-0.1, -0.05) is 44.2 Å². The molecule has 0 atom stereocenters. The highest BCUT2D eigenvalue weighted by molar-refractivity contribution is 5.83. The molecule has 0 heterocycles. The lowest BCUT2D eigenvalue weighted by atomic mass is 10.1. The number of fused-ring (bicyclic) bond motifs is 1. The van der Waals surface area contributed by atoms with Gasteiger partial charge in [0.1, 0.15) is 11.5 Å². The molecule has 0 saturated heterocycles. The summed E-state index contributed by atoms with van der Waals surface area (Å²) in [5, 5.41) is 12.8. The van der Waals surface area contributed by atoms with E-state index in [0.29, 0.717) is 11.5 Å². The standard InChI is InChI=1S/C16H11NO3.C2H6/c18-17(19)14-6-9-15(10-7-14)20-16-8-5-12-3-1-2-4-13(12)11-16;1-2/h1-11H;1-2H3. The molecule has 4 heteroatoms. The molecule has 3 aromatic carbocycles. The molecule has 0 N–H and O–H groups in total. The second kappa shape index (κ2) is 7.22. The Labute approximate surface area is 129 Å². The van der Waals surface area contributed by atoms with E-state index in [1.54, 1.807) is 12.1 Å². The minimum atomic E-state index is -0.431. The highest BCUT2D eigenvalue weighted by atomic mass is 16.6. The van der Waals surface area contributed by atoms with E-state index in [1.165, 1.54) is 12.1 Å². The molecule has 0 unspecified atom stereocenters. The van der Waals surface area contributed by atoms with Gasteiger partial charge in [-0.05, 0) is 35.0 Å². The Morgan fingerprint density at radius 2 is 1.41 bits per heavy atom. The van der Waals surface area contributed by atoms with Crippen LogP contribution in [0, 0.1) is 10.1 Å². The number of hydrogen-bond acceptors (Lipinski definition) is 3. The molecule has 3 rings (SSSR count). The fourth-order valence-corrected chi connectivity index (χ4v) is 2.00. The molecule has 0 aliphatic rings. The van der Waals surface area contributed by atoms with Crippen molar-refractivity contribution >= 4 is 16.5 Å². The Morgan fingerprint density at radius 1 is 0.818 bits per heavy atom. The molecular weight excluding hydrogens is 278 g/mol. The molecule has 112 valence electrons. The number of nitro groups is 1. The molecule has 0 radical (unpaired) electrons. The van der Waals surface area contributed by atoms with Crippen molar-refractivity contribution in [2.75, 3.05) is 0 Å². The largest absolute Gasteiger partial charge is 0.457 e. The minimum absolute atomic E-state index is 0.0517. The molecule has 0 spiro atoms. The van der Waals surface area contributed by atoms with Crippen molar-refractivity contribution in [3.8, 4) is 11.5 Å². The van der Waals surface area contributed by atoms with Crippen molar-refractivity contribution in [1.82, 2.24) is 0 Å². The average Bonchev–Trinajstić information content (AvgIpc) is 2.57. The SMILES string of the molecule is CC.O=[N+]([O-])c1ccc(Oc2ccc3ccccc3c2)cc1. The maximum Gasteiger partial charge on any atom is 0.269 e. The van der Waals surface area contributed by atoms with E-state index in [2.05, 4.69) is 0 Å².